The molecule has 0 radical (unpaired) electrons. The second-order valence-electron chi connectivity index (χ2n) is 3.47. The van der Waals surface area contributed by atoms with Gasteiger partial charge >= 0.3 is 0 Å². The summed E-state index contributed by atoms with van der Waals surface area (Å²) in [6, 6.07) is 2.48. The minimum absolute atomic E-state index is 0.304. The second kappa shape index (κ2) is 5.54. The number of anilines is 1. The van der Waals surface area contributed by atoms with Crippen LogP contribution in [0, 0.1) is 5.82 Å². The van der Waals surface area contributed by atoms with Crippen LogP contribution in [0.15, 0.2) is 12.1 Å². The minimum Gasteiger partial charge on any atom is -0.381 e. The molecule has 0 heterocycles. The number of hydrogen-bond acceptors (Lipinski definition) is 2. The third-order valence-corrected chi connectivity index (χ3v) is 2.46. The lowest BCUT2D eigenvalue weighted by Crippen LogP contribution is -2.21. The molecular weight excluding hydrogens is 238 g/mol. The molecule has 0 amide bonds. The predicted molar refractivity (Wildman–Crippen MR) is 63.5 cm³/mol. The van der Waals surface area contributed by atoms with Gasteiger partial charge in [-0.2, -0.15) is 0 Å². The Balaban J connectivity index is 2.68. The molecular formula is C10H13Cl2FN2. The Morgan fingerprint density at radius 2 is 1.80 bits per heavy atom. The molecule has 0 spiro atoms. The first-order valence-electron chi connectivity index (χ1n) is 4.54. The molecule has 2 nitrogen and oxygen atoms in total. The van der Waals surface area contributed by atoms with Gasteiger partial charge in [0, 0.05) is 13.1 Å². The topological polar surface area (TPSA) is 15.3 Å². The van der Waals surface area contributed by atoms with E-state index in [1.54, 1.807) is 0 Å². The molecule has 1 aromatic carbocycles. The third kappa shape index (κ3) is 3.86. The van der Waals surface area contributed by atoms with E-state index in [1.165, 1.54) is 12.1 Å². The highest BCUT2D eigenvalue weighted by molar-refractivity contribution is 6.39. The summed E-state index contributed by atoms with van der Waals surface area (Å²) in [7, 11) is 3.94. The van der Waals surface area contributed by atoms with Gasteiger partial charge in [0.25, 0.3) is 0 Å². The van der Waals surface area contributed by atoms with Gasteiger partial charge in [-0.3, -0.25) is 0 Å². The lowest BCUT2D eigenvalue weighted by Gasteiger charge is -2.13. The van der Waals surface area contributed by atoms with Gasteiger partial charge in [-0.25, -0.2) is 4.39 Å². The van der Waals surface area contributed by atoms with Crippen molar-refractivity contribution in [3.8, 4) is 0 Å². The van der Waals surface area contributed by atoms with Crippen molar-refractivity contribution in [3.63, 3.8) is 0 Å². The van der Waals surface area contributed by atoms with Crippen LogP contribution in [0.5, 0.6) is 0 Å². The average molecular weight is 251 g/mol. The lowest BCUT2D eigenvalue weighted by atomic mass is 10.3. The van der Waals surface area contributed by atoms with Gasteiger partial charge in [0.1, 0.15) is 5.82 Å². The molecule has 0 aliphatic carbocycles. The van der Waals surface area contributed by atoms with E-state index >= 15 is 0 Å². The zero-order valence-electron chi connectivity index (χ0n) is 8.65. The SMILES string of the molecule is CN(C)CCNc1c(Cl)cc(F)cc1Cl. The molecule has 0 saturated carbocycles. The van der Waals surface area contributed by atoms with Crippen molar-refractivity contribution in [2.45, 2.75) is 0 Å². The first-order valence-corrected chi connectivity index (χ1v) is 5.29. The Morgan fingerprint density at radius 1 is 1.27 bits per heavy atom. The maximum Gasteiger partial charge on any atom is 0.126 e. The highest BCUT2D eigenvalue weighted by Gasteiger charge is 2.07. The van der Waals surface area contributed by atoms with Gasteiger partial charge in [-0.05, 0) is 26.2 Å². The first-order chi connectivity index (χ1) is 7.00. The fourth-order valence-electron chi connectivity index (χ4n) is 1.12. The van der Waals surface area contributed by atoms with Gasteiger partial charge in [0.2, 0.25) is 0 Å². The number of halogens is 3. The summed E-state index contributed by atoms with van der Waals surface area (Å²) in [6.07, 6.45) is 0. The van der Waals surface area contributed by atoms with Crippen LogP contribution in [0.25, 0.3) is 0 Å². The van der Waals surface area contributed by atoms with Crippen LogP contribution in [-0.4, -0.2) is 32.1 Å². The summed E-state index contributed by atoms with van der Waals surface area (Å²) in [5.41, 5.74) is 0.585. The van der Waals surface area contributed by atoms with Crippen LogP contribution in [0.1, 0.15) is 0 Å². The number of hydrogen-bond donors (Lipinski definition) is 1. The van der Waals surface area contributed by atoms with Crippen LogP contribution in [0.4, 0.5) is 10.1 Å². The Kier molecular flexibility index (Phi) is 4.64. The van der Waals surface area contributed by atoms with Gasteiger partial charge < -0.3 is 10.2 Å². The molecule has 5 heteroatoms. The molecule has 15 heavy (non-hydrogen) atoms. The summed E-state index contributed by atoms with van der Waals surface area (Å²) in [6.45, 7) is 1.56. The van der Waals surface area contributed by atoms with Crippen molar-refractivity contribution in [1.82, 2.24) is 4.90 Å². The molecule has 0 aliphatic rings. The summed E-state index contributed by atoms with van der Waals surface area (Å²) < 4.78 is 12.9. The summed E-state index contributed by atoms with van der Waals surface area (Å²) in [5.74, 6) is -0.428. The fourth-order valence-corrected chi connectivity index (χ4v) is 1.71. The average Bonchev–Trinajstić information content (AvgIpc) is 2.08. The van der Waals surface area contributed by atoms with Gasteiger partial charge in [0.15, 0.2) is 0 Å². The normalized spacial score (nSPS) is 10.8. The van der Waals surface area contributed by atoms with E-state index in [0.29, 0.717) is 22.3 Å². The quantitative estimate of drug-likeness (QED) is 0.884. The van der Waals surface area contributed by atoms with Crippen LogP contribution in [-0.2, 0) is 0 Å². The summed E-state index contributed by atoms with van der Waals surface area (Å²) >= 11 is 11.7. The number of likely N-dealkylation sites (N-methyl/N-ethyl adjacent to an activating group) is 1. The van der Waals surface area contributed by atoms with E-state index in [9.17, 15) is 4.39 Å². The zero-order chi connectivity index (χ0) is 11.4. The zero-order valence-corrected chi connectivity index (χ0v) is 10.2. The Bertz CT molecular complexity index is 319. The molecule has 0 aliphatic heterocycles. The maximum absolute atomic E-state index is 12.9. The molecule has 0 bridgehead atoms. The Hall–Kier alpha value is -0.510. The van der Waals surface area contributed by atoms with Crippen molar-refractivity contribution >= 4 is 28.9 Å². The fraction of sp³-hybridized carbons (Fsp3) is 0.400. The number of benzene rings is 1. The Morgan fingerprint density at radius 3 is 2.27 bits per heavy atom. The van der Waals surface area contributed by atoms with Crippen LogP contribution < -0.4 is 5.32 Å². The molecule has 0 atom stereocenters. The van der Waals surface area contributed by atoms with Gasteiger partial charge in [0.05, 0.1) is 15.7 Å². The van der Waals surface area contributed by atoms with Gasteiger partial charge in [-0.1, -0.05) is 23.2 Å². The van der Waals surface area contributed by atoms with Crippen LogP contribution >= 0.6 is 23.2 Å². The number of nitrogens with one attached hydrogen (secondary N) is 1. The van der Waals surface area contributed by atoms with E-state index < -0.39 is 5.82 Å². The summed E-state index contributed by atoms with van der Waals surface area (Å²) in [4.78, 5) is 2.03. The highest BCUT2D eigenvalue weighted by Crippen LogP contribution is 2.30. The molecule has 0 unspecified atom stereocenters. The van der Waals surface area contributed by atoms with Crippen molar-refractivity contribution < 1.29 is 4.39 Å². The minimum atomic E-state index is -0.428. The van der Waals surface area contributed by atoms with Crippen molar-refractivity contribution in [3.05, 3.63) is 28.0 Å². The molecule has 1 aromatic rings. The smallest absolute Gasteiger partial charge is 0.126 e. The largest absolute Gasteiger partial charge is 0.381 e. The third-order valence-electron chi connectivity index (χ3n) is 1.87. The molecule has 0 fully saturated rings. The monoisotopic (exact) mass is 250 g/mol. The number of nitrogens with zero attached hydrogens (tertiary/aromatic N) is 1. The van der Waals surface area contributed by atoms with Crippen molar-refractivity contribution in [2.24, 2.45) is 0 Å². The van der Waals surface area contributed by atoms with E-state index in [4.69, 9.17) is 23.2 Å². The predicted octanol–water partition coefficient (Wildman–Crippen LogP) is 3.11. The maximum atomic E-state index is 12.9. The Labute approximate surface area is 99.0 Å². The van der Waals surface area contributed by atoms with Crippen LogP contribution in [0.2, 0.25) is 10.0 Å². The van der Waals surface area contributed by atoms with E-state index in [1.807, 2.05) is 19.0 Å². The first kappa shape index (κ1) is 12.6. The van der Waals surface area contributed by atoms with E-state index in [2.05, 4.69) is 5.32 Å². The van der Waals surface area contributed by atoms with E-state index in [0.717, 1.165) is 6.54 Å². The van der Waals surface area contributed by atoms with Gasteiger partial charge in [-0.15, -0.1) is 0 Å². The van der Waals surface area contributed by atoms with E-state index in [-0.39, 0.29) is 0 Å². The number of rotatable bonds is 4. The lowest BCUT2D eigenvalue weighted by molar-refractivity contribution is 0.425. The molecule has 84 valence electrons. The highest BCUT2D eigenvalue weighted by atomic mass is 35.5. The molecule has 0 saturated heterocycles. The molecule has 0 aromatic heterocycles. The molecule has 1 N–H and O–H groups in total. The standard InChI is InChI=1S/C10H13Cl2FN2/c1-15(2)4-3-14-10-8(11)5-7(13)6-9(10)12/h5-6,14H,3-4H2,1-2H3. The molecule has 1 rings (SSSR count). The van der Waals surface area contributed by atoms with Crippen LogP contribution in [0.3, 0.4) is 0 Å². The summed E-state index contributed by atoms with van der Waals surface area (Å²) in [5, 5.41) is 3.68. The van der Waals surface area contributed by atoms with Crippen molar-refractivity contribution in [1.29, 1.82) is 0 Å². The second-order valence-corrected chi connectivity index (χ2v) is 4.29. The van der Waals surface area contributed by atoms with Crippen molar-refractivity contribution in [2.75, 3.05) is 32.5 Å².